The van der Waals surface area contributed by atoms with Gasteiger partial charge in [0.2, 0.25) is 5.88 Å². The summed E-state index contributed by atoms with van der Waals surface area (Å²) < 4.78 is 7.46. The molecule has 0 fully saturated rings. The number of halogens is 1. The van der Waals surface area contributed by atoms with Crippen LogP contribution in [0.2, 0.25) is 5.15 Å². The molecule has 0 aliphatic carbocycles. The van der Waals surface area contributed by atoms with Gasteiger partial charge in [0.15, 0.2) is 5.82 Å². The van der Waals surface area contributed by atoms with Gasteiger partial charge in [-0.1, -0.05) is 29.8 Å². The van der Waals surface area contributed by atoms with E-state index >= 15 is 0 Å². The van der Waals surface area contributed by atoms with Crippen LogP contribution < -0.4 is 10.3 Å². The summed E-state index contributed by atoms with van der Waals surface area (Å²) in [7, 11) is 1.69. The Balaban J connectivity index is 2.06. The predicted molar refractivity (Wildman–Crippen MR) is 98.4 cm³/mol. The lowest BCUT2D eigenvalue weighted by atomic mass is 10.1. The predicted octanol–water partition coefficient (Wildman–Crippen LogP) is 4.21. The van der Waals surface area contributed by atoms with Gasteiger partial charge in [-0.2, -0.15) is 4.98 Å². The number of hydrogen-bond acceptors (Lipinski definition) is 4. The maximum absolute atomic E-state index is 11.9. The number of nitrogens with zero attached hydrogens (tertiary/aromatic N) is 3. The van der Waals surface area contributed by atoms with Crippen molar-refractivity contribution in [3.8, 4) is 23.0 Å². The van der Waals surface area contributed by atoms with E-state index in [9.17, 15) is 4.79 Å². The number of aromatic nitrogens is 3. The van der Waals surface area contributed by atoms with Crippen LogP contribution in [0.5, 0.6) is 11.6 Å². The largest absolute Gasteiger partial charge is 0.438 e. The van der Waals surface area contributed by atoms with E-state index < -0.39 is 0 Å². The molecule has 0 unspecified atom stereocenters. The first-order chi connectivity index (χ1) is 11.8. The smallest absolute Gasteiger partial charge is 0.253 e. The highest BCUT2D eigenvalue weighted by molar-refractivity contribution is 6.29. The van der Waals surface area contributed by atoms with Crippen molar-refractivity contribution in [2.24, 2.45) is 7.05 Å². The second-order valence-corrected chi connectivity index (χ2v) is 6.39. The van der Waals surface area contributed by atoms with E-state index in [1.807, 2.05) is 32.0 Å². The maximum atomic E-state index is 11.9. The summed E-state index contributed by atoms with van der Waals surface area (Å²) in [6.07, 6.45) is 1.68. The number of rotatable bonds is 3. The van der Waals surface area contributed by atoms with Gasteiger partial charge in [-0.3, -0.25) is 4.79 Å². The molecular weight excluding hydrogens is 338 g/mol. The zero-order valence-electron chi connectivity index (χ0n) is 14.5. The SMILES string of the molecule is Cc1cccc(C)c1Oc1cc(Cl)nc(-c2cc(C)c(=O)n(C)c2)n1. The van der Waals surface area contributed by atoms with Crippen LogP contribution in [0, 0.1) is 20.8 Å². The molecule has 0 saturated heterocycles. The maximum Gasteiger partial charge on any atom is 0.253 e. The van der Waals surface area contributed by atoms with Gasteiger partial charge < -0.3 is 9.30 Å². The van der Waals surface area contributed by atoms with E-state index in [0.717, 1.165) is 16.9 Å². The molecule has 5 nitrogen and oxygen atoms in total. The monoisotopic (exact) mass is 355 g/mol. The lowest BCUT2D eigenvalue weighted by Gasteiger charge is -2.12. The molecule has 1 aromatic carbocycles. The van der Waals surface area contributed by atoms with Crippen molar-refractivity contribution in [2.75, 3.05) is 0 Å². The van der Waals surface area contributed by atoms with E-state index in [1.54, 1.807) is 32.3 Å². The zero-order chi connectivity index (χ0) is 18.1. The molecule has 2 aromatic heterocycles. The molecule has 25 heavy (non-hydrogen) atoms. The van der Waals surface area contributed by atoms with Crippen LogP contribution in [-0.2, 0) is 7.05 Å². The third kappa shape index (κ3) is 3.56. The van der Waals surface area contributed by atoms with Crippen molar-refractivity contribution in [2.45, 2.75) is 20.8 Å². The first kappa shape index (κ1) is 17.2. The lowest BCUT2D eigenvalue weighted by molar-refractivity contribution is 0.455. The van der Waals surface area contributed by atoms with Crippen molar-refractivity contribution in [1.29, 1.82) is 0 Å². The van der Waals surface area contributed by atoms with E-state index in [0.29, 0.717) is 22.8 Å². The Morgan fingerprint density at radius 1 is 1.04 bits per heavy atom. The minimum absolute atomic E-state index is 0.0576. The molecule has 128 valence electrons. The van der Waals surface area contributed by atoms with E-state index in [2.05, 4.69) is 9.97 Å². The highest BCUT2D eigenvalue weighted by Gasteiger charge is 2.12. The number of para-hydroxylation sites is 1. The van der Waals surface area contributed by atoms with Crippen LogP contribution in [0.15, 0.2) is 41.3 Å². The summed E-state index contributed by atoms with van der Waals surface area (Å²) in [5.41, 5.74) is 3.27. The molecule has 0 radical (unpaired) electrons. The number of pyridine rings is 1. The standard InChI is InChI=1S/C19H18ClN3O2/c1-11-6-5-7-12(2)17(11)25-16-9-15(20)21-18(22-16)14-8-13(3)19(24)23(4)10-14/h5-10H,1-4H3. The van der Waals surface area contributed by atoms with Gasteiger partial charge in [-0.05, 0) is 38.0 Å². The van der Waals surface area contributed by atoms with Crippen LogP contribution in [0.1, 0.15) is 16.7 Å². The third-order valence-corrected chi connectivity index (χ3v) is 4.10. The number of aryl methyl sites for hydroxylation is 4. The highest BCUT2D eigenvalue weighted by Crippen LogP contribution is 2.29. The average molecular weight is 356 g/mol. The van der Waals surface area contributed by atoms with Crippen LogP contribution in [-0.4, -0.2) is 14.5 Å². The van der Waals surface area contributed by atoms with Crippen molar-refractivity contribution < 1.29 is 4.74 Å². The number of ether oxygens (including phenoxy) is 1. The molecule has 0 amide bonds. The fourth-order valence-electron chi connectivity index (χ4n) is 2.64. The summed E-state index contributed by atoms with van der Waals surface area (Å²) >= 11 is 6.16. The molecule has 0 saturated carbocycles. The Hall–Kier alpha value is -2.66. The van der Waals surface area contributed by atoms with Gasteiger partial charge in [0.1, 0.15) is 10.9 Å². The van der Waals surface area contributed by atoms with Crippen molar-refractivity contribution in [3.05, 3.63) is 68.7 Å². The van der Waals surface area contributed by atoms with Crippen molar-refractivity contribution >= 4 is 11.6 Å². The molecule has 0 spiro atoms. The summed E-state index contributed by atoms with van der Waals surface area (Å²) in [6, 6.07) is 9.25. The summed E-state index contributed by atoms with van der Waals surface area (Å²) in [5.74, 6) is 1.52. The second-order valence-electron chi connectivity index (χ2n) is 6.00. The Morgan fingerprint density at radius 2 is 1.72 bits per heavy atom. The molecule has 0 bridgehead atoms. The number of hydrogen-bond donors (Lipinski definition) is 0. The molecule has 0 atom stereocenters. The van der Waals surface area contributed by atoms with E-state index in [4.69, 9.17) is 16.3 Å². The molecule has 6 heteroatoms. The summed E-state index contributed by atoms with van der Waals surface area (Å²) in [6.45, 7) is 5.70. The van der Waals surface area contributed by atoms with Gasteiger partial charge in [0, 0.05) is 30.4 Å². The fraction of sp³-hybridized carbons (Fsp3) is 0.211. The van der Waals surface area contributed by atoms with E-state index in [1.165, 1.54) is 4.57 Å². The molecular formula is C19H18ClN3O2. The molecule has 3 aromatic rings. The lowest BCUT2D eigenvalue weighted by Crippen LogP contribution is -2.18. The fourth-order valence-corrected chi connectivity index (χ4v) is 2.82. The quantitative estimate of drug-likeness (QED) is 0.660. The molecule has 2 heterocycles. The zero-order valence-corrected chi connectivity index (χ0v) is 15.3. The summed E-state index contributed by atoms with van der Waals surface area (Å²) in [4.78, 5) is 20.6. The van der Waals surface area contributed by atoms with Crippen LogP contribution in [0.25, 0.3) is 11.4 Å². The molecule has 3 rings (SSSR count). The van der Waals surface area contributed by atoms with Crippen molar-refractivity contribution in [3.63, 3.8) is 0 Å². The van der Waals surface area contributed by atoms with Gasteiger partial charge in [-0.25, -0.2) is 4.98 Å². The van der Waals surface area contributed by atoms with Crippen molar-refractivity contribution in [1.82, 2.24) is 14.5 Å². The van der Waals surface area contributed by atoms with Gasteiger partial charge in [0.25, 0.3) is 5.56 Å². The molecule has 0 N–H and O–H groups in total. The highest BCUT2D eigenvalue weighted by atomic mass is 35.5. The third-order valence-electron chi connectivity index (χ3n) is 3.91. The van der Waals surface area contributed by atoms with Gasteiger partial charge >= 0.3 is 0 Å². The van der Waals surface area contributed by atoms with Crippen LogP contribution in [0.4, 0.5) is 0 Å². The Labute approximate surface area is 150 Å². The molecule has 0 aliphatic heterocycles. The van der Waals surface area contributed by atoms with Crippen LogP contribution in [0.3, 0.4) is 0 Å². The minimum atomic E-state index is -0.0576. The van der Waals surface area contributed by atoms with Gasteiger partial charge in [-0.15, -0.1) is 0 Å². The number of benzene rings is 1. The molecule has 0 aliphatic rings. The first-order valence-corrected chi connectivity index (χ1v) is 8.19. The Kier molecular flexibility index (Phi) is 4.59. The van der Waals surface area contributed by atoms with Crippen LogP contribution >= 0.6 is 11.6 Å². The first-order valence-electron chi connectivity index (χ1n) is 7.81. The average Bonchev–Trinajstić information content (AvgIpc) is 2.55. The topological polar surface area (TPSA) is 57.0 Å². The summed E-state index contributed by atoms with van der Waals surface area (Å²) in [5, 5.41) is 0.276. The second kappa shape index (κ2) is 6.69. The Bertz CT molecular complexity index is 966. The minimum Gasteiger partial charge on any atom is -0.438 e. The normalized spacial score (nSPS) is 10.8. The Morgan fingerprint density at radius 3 is 2.36 bits per heavy atom. The van der Waals surface area contributed by atoms with Gasteiger partial charge in [0.05, 0.1) is 0 Å². The van der Waals surface area contributed by atoms with E-state index in [-0.39, 0.29) is 10.7 Å².